The van der Waals surface area contributed by atoms with Gasteiger partial charge in [-0.15, -0.1) is 11.8 Å². The molecule has 0 aromatic heterocycles. The van der Waals surface area contributed by atoms with Crippen LogP contribution in [0.2, 0.25) is 0 Å². The molecule has 1 heterocycles. The normalized spacial score (nSPS) is 21.0. The number of hydrogen-bond acceptors (Lipinski definition) is 3. The van der Waals surface area contributed by atoms with Crippen molar-refractivity contribution < 1.29 is 9.47 Å². The summed E-state index contributed by atoms with van der Waals surface area (Å²) in [5.74, 6) is 2.55. The first-order chi connectivity index (χ1) is 11.0. The van der Waals surface area contributed by atoms with Crippen LogP contribution in [0, 0.1) is 11.3 Å². The second kappa shape index (κ2) is 7.04. The molecule has 3 heteroatoms. The highest BCUT2D eigenvalue weighted by atomic mass is 32.2. The number of fused-ring (bicyclic) bond motifs is 1. The SMILES string of the molecule is CC(C)(C)C1CCC(=CSC=Cc2ccc3c(c2)OCO3)CC1. The van der Waals surface area contributed by atoms with Gasteiger partial charge in [0.25, 0.3) is 0 Å². The maximum absolute atomic E-state index is 5.40. The van der Waals surface area contributed by atoms with Gasteiger partial charge in [-0.2, -0.15) is 0 Å². The molecule has 0 saturated heterocycles. The molecule has 0 N–H and O–H groups in total. The Balaban J connectivity index is 1.49. The average molecular weight is 330 g/mol. The minimum atomic E-state index is 0.332. The Morgan fingerprint density at radius 1 is 1.09 bits per heavy atom. The van der Waals surface area contributed by atoms with Crippen molar-refractivity contribution in [2.75, 3.05) is 6.79 Å². The summed E-state index contributed by atoms with van der Waals surface area (Å²) in [5, 5.41) is 4.49. The lowest BCUT2D eigenvalue weighted by Gasteiger charge is -2.34. The van der Waals surface area contributed by atoms with Crippen LogP contribution < -0.4 is 9.47 Å². The van der Waals surface area contributed by atoms with E-state index in [2.05, 4.69) is 43.7 Å². The van der Waals surface area contributed by atoms with Gasteiger partial charge < -0.3 is 9.47 Å². The number of rotatable bonds is 3. The van der Waals surface area contributed by atoms with Crippen LogP contribution in [0.1, 0.15) is 52.0 Å². The molecule has 2 aliphatic rings. The fourth-order valence-electron chi connectivity index (χ4n) is 3.24. The third-order valence-electron chi connectivity index (χ3n) is 4.82. The Bertz CT molecular complexity index is 601. The monoisotopic (exact) mass is 330 g/mol. The van der Waals surface area contributed by atoms with Crippen LogP contribution in [-0.4, -0.2) is 6.79 Å². The lowest BCUT2D eigenvalue weighted by Crippen LogP contribution is -2.23. The van der Waals surface area contributed by atoms with E-state index in [-0.39, 0.29) is 0 Å². The van der Waals surface area contributed by atoms with Crippen molar-refractivity contribution in [2.24, 2.45) is 11.3 Å². The third kappa shape index (κ3) is 4.35. The minimum Gasteiger partial charge on any atom is -0.454 e. The van der Waals surface area contributed by atoms with Gasteiger partial charge in [0.1, 0.15) is 0 Å². The Kier molecular flexibility index (Phi) is 5.05. The smallest absolute Gasteiger partial charge is 0.231 e. The molecule has 0 spiro atoms. The van der Waals surface area contributed by atoms with Gasteiger partial charge >= 0.3 is 0 Å². The summed E-state index contributed by atoms with van der Waals surface area (Å²) in [6, 6.07) is 6.06. The number of ether oxygens (including phenoxy) is 2. The Labute approximate surface area is 143 Å². The summed E-state index contributed by atoms with van der Waals surface area (Å²) < 4.78 is 10.7. The fraction of sp³-hybridized carbons (Fsp3) is 0.500. The predicted octanol–water partition coefficient (Wildman–Crippen LogP) is 6.24. The number of thioether (sulfide) groups is 1. The van der Waals surface area contributed by atoms with Crippen LogP contribution >= 0.6 is 11.8 Å². The van der Waals surface area contributed by atoms with E-state index in [4.69, 9.17) is 9.47 Å². The van der Waals surface area contributed by atoms with E-state index in [9.17, 15) is 0 Å². The molecule has 124 valence electrons. The first-order valence-electron chi connectivity index (χ1n) is 8.42. The zero-order valence-corrected chi connectivity index (χ0v) is 15.1. The van der Waals surface area contributed by atoms with Gasteiger partial charge in [-0.1, -0.05) is 32.4 Å². The molecule has 0 radical (unpaired) electrons. The molecule has 23 heavy (non-hydrogen) atoms. The van der Waals surface area contributed by atoms with Crippen molar-refractivity contribution >= 4 is 17.8 Å². The molecular weight excluding hydrogens is 304 g/mol. The van der Waals surface area contributed by atoms with Gasteiger partial charge in [-0.3, -0.25) is 0 Å². The Morgan fingerprint density at radius 3 is 2.57 bits per heavy atom. The molecule has 0 atom stereocenters. The number of hydrogen-bond donors (Lipinski definition) is 0. The van der Waals surface area contributed by atoms with Gasteiger partial charge in [0.2, 0.25) is 6.79 Å². The molecule has 2 nitrogen and oxygen atoms in total. The standard InChI is InChI=1S/C20H26O2S/c1-20(2,3)17-7-4-16(5-8-17)13-23-11-10-15-6-9-18-19(12-15)22-14-21-18/h6,9-13,17H,4-5,7-8,14H2,1-3H3. The second-order valence-corrected chi connectivity index (χ2v) is 8.25. The molecular formula is C20H26O2S. The maximum Gasteiger partial charge on any atom is 0.231 e. The summed E-state index contributed by atoms with van der Waals surface area (Å²) in [5.41, 5.74) is 3.21. The van der Waals surface area contributed by atoms with Crippen LogP contribution in [0.3, 0.4) is 0 Å². The summed E-state index contributed by atoms with van der Waals surface area (Å²) in [6.07, 6.45) is 7.31. The summed E-state index contributed by atoms with van der Waals surface area (Å²) in [4.78, 5) is 0. The first kappa shape index (κ1) is 16.5. The number of allylic oxidation sites excluding steroid dienone is 1. The van der Waals surface area contributed by atoms with Crippen molar-refractivity contribution in [3.63, 3.8) is 0 Å². The zero-order chi connectivity index (χ0) is 16.3. The second-order valence-electron chi connectivity index (χ2n) is 7.47. The van der Waals surface area contributed by atoms with Gasteiger partial charge in [-0.25, -0.2) is 0 Å². The topological polar surface area (TPSA) is 18.5 Å². The molecule has 1 aliphatic carbocycles. The molecule has 1 aliphatic heterocycles. The summed E-state index contributed by atoms with van der Waals surface area (Å²) >= 11 is 1.78. The molecule has 1 saturated carbocycles. The van der Waals surface area contributed by atoms with Gasteiger partial charge in [-0.05, 0) is 71.6 Å². The lowest BCUT2D eigenvalue weighted by molar-refractivity contribution is 0.174. The van der Waals surface area contributed by atoms with Crippen molar-refractivity contribution in [1.82, 2.24) is 0 Å². The van der Waals surface area contributed by atoms with E-state index in [1.54, 1.807) is 17.3 Å². The summed E-state index contributed by atoms with van der Waals surface area (Å²) in [7, 11) is 0. The van der Waals surface area contributed by atoms with E-state index in [1.165, 1.54) is 25.7 Å². The van der Waals surface area contributed by atoms with E-state index in [0.29, 0.717) is 12.2 Å². The largest absolute Gasteiger partial charge is 0.454 e. The van der Waals surface area contributed by atoms with E-state index in [1.807, 2.05) is 12.1 Å². The molecule has 3 rings (SSSR count). The van der Waals surface area contributed by atoms with E-state index in [0.717, 1.165) is 23.0 Å². The lowest BCUT2D eigenvalue weighted by atomic mass is 9.71. The van der Waals surface area contributed by atoms with Crippen LogP contribution in [0.15, 0.2) is 34.6 Å². The average Bonchev–Trinajstić information content (AvgIpc) is 2.99. The van der Waals surface area contributed by atoms with Crippen molar-refractivity contribution in [2.45, 2.75) is 46.5 Å². The van der Waals surface area contributed by atoms with Crippen molar-refractivity contribution in [1.29, 1.82) is 0 Å². The maximum atomic E-state index is 5.40. The summed E-state index contributed by atoms with van der Waals surface area (Å²) in [6.45, 7) is 7.44. The van der Waals surface area contributed by atoms with E-state index < -0.39 is 0 Å². The molecule has 0 bridgehead atoms. The predicted molar refractivity (Wildman–Crippen MR) is 98.7 cm³/mol. The van der Waals surface area contributed by atoms with Crippen molar-refractivity contribution in [3.8, 4) is 11.5 Å². The molecule has 1 aromatic rings. The van der Waals surface area contributed by atoms with E-state index >= 15 is 0 Å². The molecule has 0 amide bonds. The molecule has 0 unspecified atom stereocenters. The molecule has 1 aromatic carbocycles. The quantitative estimate of drug-likeness (QED) is 0.653. The van der Waals surface area contributed by atoms with Crippen LogP contribution in [-0.2, 0) is 0 Å². The first-order valence-corrected chi connectivity index (χ1v) is 9.36. The number of benzene rings is 1. The highest BCUT2D eigenvalue weighted by Crippen LogP contribution is 2.40. The van der Waals surface area contributed by atoms with Gasteiger partial charge in [0, 0.05) is 0 Å². The van der Waals surface area contributed by atoms with Crippen LogP contribution in [0.25, 0.3) is 6.08 Å². The fourth-order valence-corrected chi connectivity index (χ4v) is 3.99. The highest BCUT2D eigenvalue weighted by molar-refractivity contribution is 8.05. The third-order valence-corrected chi connectivity index (χ3v) is 5.59. The Hall–Kier alpha value is -1.35. The van der Waals surface area contributed by atoms with Crippen LogP contribution in [0.4, 0.5) is 0 Å². The van der Waals surface area contributed by atoms with Gasteiger partial charge in [0.15, 0.2) is 11.5 Å². The van der Waals surface area contributed by atoms with Crippen LogP contribution in [0.5, 0.6) is 11.5 Å². The van der Waals surface area contributed by atoms with Crippen molar-refractivity contribution in [3.05, 3.63) is 40.2 Å². The molecule has 1 fully saturated rings. The Morgan fingerprint density at radius 2 is 1.83 bits per heavy atom. The minimum absolute atomic E-state index is 0.332. The highest BCUT2D eigenvalue weighted by Gasteiger charge is 2.27. The zero-order valence-electron chi connectivity index (χ0n) is 14.3. The van der Waals surface area contributed by atoms with Gasteiger partial charge in [0.05, 0.1) is 0 Å².